The predicted molar refractivity (Wildman–Crippen MR) is 69.9 cm³/mol. The minimum atomic E-state index is -0.724. The van der Waals surface area contributed by atoms with Gasteiger partial charge >= 0.3 is 5.97 Å². The van der Waals surface area contributed by atoms with Crippen molar-refractivity contribution in [2.75, 3.05) is 7.11 Å². The molecule has 0 radical (unpaired) electrons. The molecule has 1 fully saturated rings. The second-order valence-corrected chi connectivity index (χ2v) is 5.26. The highest BCUT2D eigenvalue weighted by atomic mass is 16.5. The Labute approximate surface area is 114 Å². The quantitative estimate of drug-likeness (QED) is 0.743. The van der Waals surface area contributed by atoms with Crippen molar-refractivity contribution in [3.05, 3.63) is 0 Å². The van der Waals surface area contributed by atoms with Gasteiger partial charge in [0.2, 0.25) is 5.91 Å². The number of carbonyl (C=O) groups excluding carboxylic acids is 2. The van der Waals surface area contributed by atoms with Gasteiger partial charge in [-0.05, 0) is 18.8 Å². The molecule has 1 N–H and O–H groups in total. The number of methoxy groups -OCH3 is 1. The van der Waals surface area contributed by atoms with Gasteiger partial charge in [0.25, 0.3) is 0 Å². The molecule has 106 valence electrons. The molecular weight excluding hydrogens is 244 g/mol. The number of esters is 1. The topological polar surface area (TPSA) is 79.2 Å². The Bertz CT molecular complexity index is 356. The Morgan fingerprint density at radius 3 is 2.58 bits per heavy atom. The van der Waals surface area contributed by atoms with Crippen molar-refractivity contribution in [2.24, 2.45) is 11.8 Å². The summed E-state index contributed by atoms with van der Waals surface area (Å²) in [6, 6.07) is 1.29. The van der Waals surface area contributed by atoms with Crippen molar-refractivity contribution in [1.82, 2.24) is 5.32 Å². The highest BCUT2D eigenvalue weighted by Crippen LogP contribution is 2.27. The van der Waals surface area contributed by atoms with Crippen LogP contribution in [-0.4, -0.2) is 25.0 Å². The molecule has 5 heteroatoms. The Morgan fingerprint density at radius 1 is 1.42 bits per heavy atom. The van der Waals surface area contributed by atoms with Gasteiger partial charge in [-0.1, -0.05) is 19.8 Å². The molecule has 0 bridgehead atoms. The number of nitrogens with one attached hydrogen (secondary N) is 1. The van der Waals surface area contributed by atoms with E-state index in [0.717, 1.165) is 12.8 Å². The number of rotatable bonds is 6. The molecule has 0 aromatic rings. The van der Waals surface area contributed by atoms with Crippen molar-refractivity contribution < 1.29 is 14.3 Å². The van der Waals surface area contributed by atoms with Gasteiger partial charge < -0.3 is 10.1 Å². The summed E-state index contributed by atoms with van der Waals surface area (Å²) in [7, 11) is 1.29. The summed E-state index contributed by atoms with van der Waals surface area (Å²) in [6.45, 7) is 1.76. The second-order valence-electron chi connectivity index (χ2n) is 5.26. The van der Waals surface area contributed by atoms with E-state index in [4.69, 9.17) is 5.26 Å². The van der Waals surface area contributed by atoms with Crippen LogP contribution in [0.2, 0.25) is 0 Å². The number of hydrogen-bond donors (Lipinski definition) is 1. The molecule has 19 heavy (non-hydrogen) atoms. The summed E-state index contributed by atoms with van der Waals surface area (Å²) in [4.78, 5) is 23.6. The van der Waals surface area contributed by atoms with Crippen molar-refractivity contribution in [1.29, 1.82) is 5.26 Å². The summed E-state index contributed by atoms with van der Waals surface area (Å²) in [5.41, 5.74) is 0. The van der Waals surface area contributed by atoms with Crippen molar-refractivity contribution in [3.8, 4) is 6.07 Å². The lowest BCUT2D eigenvalue weighted by atomic mass is 9.97. The molecule has 0 aromatic heterocycles. The summed E-state index contributed by atoms with van der Waals surface area (Å²) >= 11 is 0. The zero-order chi connectivity index (χ0) is 14.3. The van der Waals surface area contributed by atoms with E-state index in [9.17, 15) is 9.59 Å². The van der Waals surface area contributed by atoms with E-state index in [-0.39, 0.29) is 18.2 Å². The monoisotopic (exact) mass is 266 g/mol. The first-order valence-electron chi connectivity index (χ1n) is 6.82. The van der Waals surface area contributed by atoms with Crippen LogP contribution in [0, 0.1) is 23.2 Å². The molecule has 1 amide bonds. The number of ether oxygens (including phenoxy) is 1. The third-order valence-corrected chi connectivity index (χ3v) is 3.70. The zero-order valence-corrected chi connectivity index (χ0v) is 11.6. The average Bonchev–Trinajstić information content (AvgIpc) is 2.88. The third-order valence-electron chi connectivity index (χ3n) is 3.70. The van der Waals surface area contributed by atoms with Gasteiger partial charge in [0.15, 0.2) is 0 Å². The van der Waals surface area contributed by atoms with Crippen LogP contribution in [0.4, 0.5) is 0 Å². The lowest BCUT2D eigenvalue weighted by Crippen LogP contribution is -2.46. The number of hydrogen-bond acceptors (Lipinski definition) is 4. The van der Waals surface area contributed by atoms with Crippen LogP contribution < -0.4 is 5.32 Å². The molecular formula is C14H22N2O3. The molecule has 0 aromatic carbocycles. The molecule has 1 aliphatic carbocycles. The van der Waals surface area contributed by atoms with E-state index in [1.807, 2.05) is 6.07 Å². The maximum atomic E-state index is 11.9. The maximum Gasteiger partial charge on any atom is 0.328 e. The Kier molecular flexibility index (Phi) is 6.34. The van der Waals surface area contributed by atoms with Crippen LogP contribution in [0.25, 0.3) is 0 Å². The van der Waals surface area contributed by atoms with Gasteiger partial charge in [-0.25, -0.2) is 4.79 Å². The molecule has 1 aliphatic rings. The number of nitrogens with zero attached hydrogens (tertiary/aromatic N) is 1. The van der Waals surface area contributed by atoms with Crippen LogP contribution in [0.5, 0.6) is 0 Å². The van der Waals surface area contributed by atoms with Gasteiger partial charge in [-0.3, -0.25) is 4.79 Å². The van der Waals surface area contributed by atoms with Crippen LogP contribution in [0.1, 0.15) is 45.4 Å². The summed E-state index contributed by atoms with van der Waals surface area (Å²) in [6.07, 6.45) is 5.22. The van der Waals surface area contributed by atoms with Gasteiger partial charge in [0, 0.05) is 18.8 Å². The maximum absolute atomic E-state index is 11.9. The number of amides is 1. The summed E-state index contributed by atoms with van der Waals surface area (Å²) < 4.78 is 4.69. The SMILES string of the molecule is COC(=O)[C@H](NC(=O)CC1CCCC1)[C@@H](C)CC#N. The van der Waals surface area contributed by atoms with Crippen molar-refractivity contribution in [2.45, 2.75) is 51.5 Å². The summed E-state index contributed by atoms with van der Waals surface area (Å²) in [5, 5.41) is 11.4. The van der Waals surface area contributed by atoms with E-state index < -0.39 is 12.0 Å². The van der Waals surface area contributed by atoms with Gasteiger partial charge in [0.1, 0.15) is 6.04 Å². The van der Waals surface area contributed by atoms with Crippen LogP contribution >= 0.6 is 0 Å². The first kappa shape index (κ1) is 15.5. The molecule has 0 spiro atoms. The minimum Gasteiger partial charge on any atom is -0.467 e. The fraction of sp³-hybridized carbons (Fsp3) is 0.786. The highest BCUT2D eigenvalue weighted by Gasteiger charge is 2.28. The van der Waals surface area contributed by atoms with Gasteiger partial charge in [0.05, 0.1) is 13.2 Å². The van der Waals surface area contributed by atoms with Crippen LogP contribution in [0.3, 0.4) is 0 Å². The summed E-state index contributed by atoms with van der Waals surface area (Å²) in [5.74, 6) is -0.413. The fourth-order valence-electron chi connectivity index (χ4n) is 2.53. The van der Waals surface area contributed by atoms with Crippen molar-refractivity contribution >= 4 is 11.9 Å². The minimum absolute atomic E-state index is 0.118. The molecule has 0 saturated heterocycles. The number of nitriles is 1. The lowest BCUT2D eigenvalue weighted by Gasteiger charge is -2.21. The average molecular weight is 266 g/mol. The fourth-order valence-corrected chi connectivity index (χ4v) is 2.53. The Balaban J connectivity index is 2.53. The van der Waals surface area contributed by atoms with E-state index in [2.05, 4.69) is 10.1 Å². The van der Waals surface area contributed by atoms with Crippen LogP contribution in [-0.2, 0) is 14.3 Å². The largest absolute Gasteiger partial charge is 0.467 e. The lowest BCUT2D eigenvalue weighted by molar-refractivity contribution is -0.146. The molecule has 1 rings (SSSR count). The highest BCUT2D eigenvalue weighted by molar-refractivity contribution is 5.84. The van der Waals surface area contributed by atoms with Gasteiger partial charge in [-0.15, -0.1) is 0 Å². The zero-order valence-electron chi connectivity index (χ0n) is 11.6. The smallest absolute Gasteiger partial charge is 0.328 e. The molecule has 0 heterocycles. The molecule has 2 atom stereocenters. The molecule has 1 saturated carbocycles. The van der Waals surface area contributed by atoms with Crippen molar-refractivity contribution in [3.63, 3.8) is 0 Å². The van der Waals surface area contributed by atoms with Crippen LogP contribution in [0.15, 0.2) is 0 Å². The molecule has 5 nitrogen and oxygen atoms in total. The Hall–Kier alpha value is -1.57. The van der Waals surface area contributed by atoms with E-state index in [1.165, 1.54) is 20.0 Å². The molecule has 0 unspecified atom stereocenters. The van der Waals surface area contributed by atoms with E-state index in [1.54, 1.807) is 6.92 Å². The first-order chi connectivity index (χ1) is 9.08. The first-order valence-corrected chi connectivity index (χ1v) is 6.82. The second kappa shape index (κ2) is 7.78. The van der Waals surface area contributed by atoms with E-state index in [0.29, 0.717) is 12.3 Å². The Morgan fingerprint density at radius 2 is 2.05 bits per heavy atom. The van der Waals surface area contributed by atoms with Gasteiger partial charge in [-0.2, -0.15) is 5.26 Å². The predicted octanol–water partition coefficient (Wildman–Crippen LogP) is 1.77. The molecule has 0 aliphatic heterocycles. The third kappa shape index (κ3) is 4.90. The number of carbonyl (C=O) groups is 2. The normalized spacial score (nSPS) is 18.4. The standard InChI is InChI=1S/C14H22N2O3/c1-10(7-8-15)13(14(18)19-2)16-12(17)9-11-5-3-4-6-11/h10-11,13H,3-7,9H2,1-2H3,(H,16,17)/t10-,13+/m0/s1. The van der Waals surface area contributed by atoms with E-state index >= 15 is 0 Å².